The minimum absolute atomic E-state index is 0.324. The predicted molar refractivity (Wildman–Crippen MR) is 147 cm³/mol. The molecule has 4 nitrogen and oxygen atoms in total. The van der Waals surface area contributed by atoms with Gasteiger partial charge in [0.15, 0.2) is 0 Å². The molecule has 37 heavy (non-hydrogen) atoms. The first kappa shape index (κ1) is 25.1. The van der Waals surface area contributed by atoms with E-state index in [1.165, 1.54) is 0 Å². The van der Waals surface area contributed by atoms with E-state index in [9.17, 15) is 19.8 Å². The molecule has 0 bridgehead atoms. The van der Waals surface area contributed by atoms with Crippen LogP contribution in [0, 0.1) is 0 Å². The number of carbonyl (C=O) groups is 2. The third kappa shape index (κ3) is 6.38. The van der Waals surface area contributed by atoms with Crippen molar-refractivity contribution >= 4 is 11.9 Å². The lowest BCUT2D eigenvalue weighted by molar-refractivity contribution is -0.137. The summed E-state index contributed by atoms with van der Waals surface area (Å²) in [4.78, 5) is 22.6. The Balaban J connectivity index is 0.000000180. The molecule has 0 unspecified atom stereocenters. The van der Waals surface area contributed by atoms with E-state index >= 15 is 0 Å². The van der Waals surface area contributed by atoms with E-state index in [-0.39, 0.29) is 0 Å². The van der Waals surface area contributed by atoms with Gasteiger partial charge in [-0.2, -0.15) is 0 Å². The molecule has 0 aliphatic heterocycles. The van der Waals surface area contributed by atoms with Crippen molar-refractivity contribution in [1.82, 2.24) is 0 Å². The largest absolute Gasteiger partial charge is 0.481 e. The lowest BCUT2D eigenvalue weighted by Gasteiger charge is -2.12. The van der Waals surface area contributed by atoms with Gasteiger partial charge >= 0.3 is 11.9 Å². The molecule has 182 valence electrons. The first-order chi connectivity index (χ1) is 18.0. The summed E-state index contributed by atoms with van der Waals surface area (Å²) in [6, 6.07) is 43.7. The van der Waals surface area contributed by atoms with Crippen LogP contribution in [0.4, 0.5) is 0 Å². The smallest absolute Gasteiger partial charge is 0.336 e. The molecular formula is C33H26O4. The van der Waals surface area contributed by atoms with Gasteiger partial charge < -0.3 is 10.2 Å². The van der Waals surface area contributed by atoms with Gasteiger partial charge in [0.2, 0.25) is 0 Å². The van der Waals surface area contributed by atoms with Crippen molar-refractivity contribution in [2.24, 2.45) is 0 Å². The second-order valence-corrected chi connectivity index (χ2v) is 8.39. The molecule has 5 rings (SSSR count). The molecule has 0 saturated heterocycles. The van der Waals surface area contributed by atoms with Gasteiger partial charge in [0.05, 0.1) is 5.56 Å². The normalized spacial score (nSPS) is 10.3. The van der Waals surface area contributed by atoms with E-state index in [2.05, 4.69) is 12.1 Å². The first-order valence-electron chi connectivity index (χ1n) is 11.9. The van der Waals surface area contributed by atoms with Crippen LogP contribution in [0.2, 0.25) is 0 Å². The molecule has 0 aliphatic carbocycles. The molecule has 0 heterocycles. The summed E-state index contributed by atoms with van der Waals surface area (Å²) in [6.07, 6.45) is 0. The zero-order chi connectivity index (χ0) is 26.0. The summed E-state index contributed by atoms with van der Waals surface area (Å²) in [6.45, 7) is 0. The van der Waals surface area contributed by atoms with Crippen LogP contribution in [0.1, 0.15) is 27.4 Å². The topological polar surface area (TPSA) is 74.6 Å². The predicted octanol–water partition coefficient (Wildman–Crippen LogP) is 7.62. The summed E-state index contributed by atoms with van der Waals surface area (Å²) in [5, 5.41) is 18.5. The monoisotopic (exact) mass is 486 g/mol. The summed E-state index contributed by atoms with van der Waals surface area (Å²) >= 11 is 0. The van der Waals surface area contributed by atoms with Crippen LogP contribution in [0.5, 0.6) is 0 Å². The Bertz CT molecular complexity index is 1410. The van der Waals surface area contributed by atoms with Crippen molar-refractivity contribution in [3.05, 3.63) is 156 Å². The fourth-order valence-electron chi connectivity index (χ4n) is 4.16. The fourth-order valence-corrected chi connectivity index (χ4v) is 4.16. The minimum Gasteiger partial charge on any atom is -0.481 e. The van der Waals surface area contributed by atoms with Gasteiger partial charge in [-0.3, -0.25) is 4.79 Å². The van der Waals surface area contributed by atoms with Gasteiger partial charge in [-0.15, -0.1) is 0 Å². The van der Waals surface area contributed by atoms with Crippen LogP contribution in [0.3, 0.4) is 0 Å². The van der Waals surface area contributed by atoms with E-state index in [1.54, 1.807) is 12.1 Å². The Kier molecular flexibility index (Phi) is 8.25. The molecule has 0 atom stereocenters. The lowest BCUT2D eigenvalue weighted by Crippen LogP contribution is -2.12. The van der Waals surface area contributed by atoms with Crippen molar-refractivity contribution in [1.29, 1.82) is 0 Å². The Hall–Kier alpha value is -4.96. The van der Waals surface area contributed by atoms with Crippen LogP contribution in [-0.4, -0.2) is 22.2 Å². The zero-order valence-corrected chi connectivity index (χ0v) is 20.1. The third-order valence-electron chi connectivity index (χ3n) is 5.97. The Morgan fingerprint density at radius 2 is 0.865 bits per heavy atom. The van der Waals surface area contributed by atoms with Crippen LogP contribution >= 0.6 is 0 Å². The Labute approximate surface area is 216 Å². The highest BCUT2D eigenvalue weighted by Gasteiger charge is 2.21. The van der Waals surface area contributed by atoms with Gasteiger partial charge in [-0.1, -0.05) is 133 Å². The standard InChI is InChI=1S/C19H14O2.C14H12O2/c20-19(21)18-9-5-4-8-17(18)16-12-10-15(11-13-16)14-6-2-1-3-7-14;15-14(16)13(11-7-3-1-4-8-11)12-9-5-2-6-10-12/h1-13H,(H,20,21);1-10,13H,(H,15,16). The van der Waals surface area contributed by atoms with Crippen LogP contribution < -0.4 is 0 Å². The number of carboxylic acid groups (broad SMARTS) is 2. The second kappa shape index (κ2) is 12.1. The summed E-state index contributed by atoms with van der Waals surface area (Å²) in [5.41, 5.74) is 5.85. The number of hydrogen-bond acceptors (Lipinski definition) is 2. The zero-order valence-electron chi connectivity index (χ0n) is 20.1. The van der Waals surface area contributed by atoms with Gasteiger partial charge in [-0.25, -0.2) is 4.79 Å². The molecule has 0 amide bonds. The van der Waals surface area contributed by atoms with Crippen molar-refractivity contribution in [2.75, 3.05) is 0 Å². The van der Waals surface area contributed by atoms with Gasteiger partial charge in [0.25, 0.3) is 0 Å². The van der Waals surface area contributed by atoms with Gasteiger partial charge in [-0.05, 0) is 39.4 Å². The summed E-state index contributed by atoms with van der Waals surface area (Å²) in [5.74, 6) is -2.31. The SMILES string of the molecule is O=C(O)C(c1ccccc1)c1ccccc1.O=C(O)c1ccccc1-c1ccc(-c2ccccc2)cc1. The molecule has 0 aromatic heterocycles. The molecule has 4 heteroatoms. The summed E-state index contributed by atoms with van der Waals surface area (Å²) in [7, 11) is 0. The van der Waals surface area contributed by atoms with E-state index in [0.29, 0.717) is 5.56 Å². The van der Waals surface area contributed by atoms with Crippen molar-refractivity contribution in [3.63, 3.8) is 0 Å². The molecule has 0 spiro atoms. The maximum atomic E-state index is 11.3. The van der Waals surface area contributed by atoms with Crippen molar-refractivity contribution in [3.8, 4) is 22.3 Å². The molecule has 0 saturated carbocycles. The van der Waals surface area contributed by atoms with E-state index in [0.717, 1.165) is 33.4 Å². The van der Waals surface area contributed by atoms with E-state index in [1.807, 2.05) is 115 Å². The molecule has 5 aromatic carbocycles. The molecular weight excluding hydrogens is 460 g/mol. The highest BCUT2D eigenvalue weighted by molar-refractivity contribution is 5.96. The van der Waals surface area contributed by atoms with Crippen LogP contribution in [0.25, 0.3) is 22.3 Å². The maximum absolute atomic E-state index is 11.3. The quantitative estimate of drug-likeness (QED) is 0.259. The number of aliphatic carboxylic acids is 1. The highest BCUT2D eigenvalue weighted by atomic mass is 16.4. The van der Waals surface area contributed by atoms with E-state index < -0.39 is 17.9 Å². The van der Waals surface area contributed by atoms with Crippen LogP contribution in [0.15, 0.2) is 140 Å². The number of rotatable bonds is 6. The molecule has 0 aliphatic rings. The summed E-state index contributed by atoms with van der Waals surface area (Å²) < 4.78 is 0. The van der Waals surface area contributed by atoms with Crippen molar-refractivity contribution in [2.45, 2.75) is 5.92 Å². The first-order valence-corrected chi connectivity index (χ1v) is 11.9. The lowest BCUT2D eigenvalue weighted by atomic mass is 9.92. The number of carboxylic acids is 2. The van der Waals surface area contributed by atoms with E-state index in [4.69, 9.17) is 0 Å². The number of aromatic carboxylic acids is 1. The fraction of sp³-hybridized carbons (Fsp3) is 0.0303. The molecule has 0 fully saturated rings. The molecule has 5 aromatic rings. The average Bonchev–Trinajstić information content (AvgIpc) is 2.95. The molecule has 2 N–H and O–H groups in total. The van der Waals surface area contributed by atoms with Gasteiger partial charge in [0, 0.05) is 0 Å². The number of hydrogen-bond donors (Lipinski definition) is 2. The molecule has 0 radical (unpaired) electrons. The second-order valence-electron chi connectivity index (χ2n) is 8.39. The van der Waals surface area contributed by atoms with Crippen molar-refractivity contribution < 1.29 is 19.8 Å². The number of benzene rings is 5. The highest BCUT2D eigenvalue weighted by Crippen LogP contribution is 2.27. The third-order valence-corrected chi connectivity index (χ3v) is 5.97. The maximum Gasteiger partial charge on any atom is 0.336 e. The Morgan fingerprint density at radius 1 is 0.459 bits per heavy atom. The average molecular weight is 487 g/mol. The minimum atomic E-state index is -0.905. The van der Waals surface area contributed by atoms with Crippen LogP contribution in [-0.2, 0) is 4.79 Å². The van der Waals surface area contributed by atoms with Gasteiger partial charge in [0.1, 0.15) is 5.92 Å². The Morgan fingerprint density at radius 3 is 1.35 bits per heavy atom.